The lowest BCUT2D eigenvalue weighted by molar-refractivity contribution is -0.132. The van der Waals surface area contributed by atoms with Gasteiger partial charge in [-0.2, -0.15) is 0 Å². The molecule has 2 aliphatic heterocycles. The van der Waals surface area contributed by atoms with Crippen LogP contribution in [0.1, 0.15) is 41.6 Å². The smallest absolute Gasteiger partial charge is 0.257 e. The van der Waals surface area contributed by atoms with Gasteiger partial charge in [-0.1, -0.05) is 0 Å². The molecule has 3 heterocycles. The van der Waals surface area contributed by atoms with Crippen LogP contribution in [0.5, 0.6) is 11.5 Å². The Morgan fingerprint density at radius 3 is 2.42 bits per heavy atom. The molecule has 0 radical (unpaired) electrons. The first-order valence-corrected chi connectivity index (χ1v) is 11.1. The van der Waals surface area contributed by atoms with Gasteiger partial charge in [-0.15, -0.1) is 0 Å². The van der Waals surface area contributed by atoms with Crippen molar-refractivity contribution < 1.29 is 19.1 Å². The molecule has 0 saturated carbocycles. The molecule has 2 aliphatic rings. The summed E-state index contributed by atoms with van der Waals surface area (Å²) in [6, 6.07) is 7.39. The van der Waals surface area contributed by atoms with Crippen LogP contribution in [0.25, 0.3) is 0 Å². The molecule has 0 bridgehead atoms. The van der Waals surface area contributed by atoms with Gasteiger partial charge in [0.25, 0.3) is 5.91 Å². The highest BCUT2D eigenvalue weighted by Crippen LogP contribution is 2.30. The first-order valence-electron chi connectivity index (χ1n) is 11.1. The molecule has 7 nitrogen and oxygen atoms in total. The number of aryl methyl sites for hydroxylation is 1. The standard InChI is InChI=1S/C24H31N3O4/c1-25-12-7-18(17-25)15-23(28)26-13-8-19(9-14-26)31-22-16-20(30-2)5-6-21(22)24(29)27-10-3-4-11-27/h5-7,12,16-17,19H,3-4,8-11,13-15H2,1-2H3. The summed E-state index contributed by atoms with van der Waals surface area (Å²) < 4.78 is 13.6. The SMILES string of the molecule is COc1ccc(C(=O)N2CCCC2)c(OC2CCN(C(=O)Cc3ccn(C)c3)CC2)c1. The van der Waals surface area contributed by atoms with E-state index in [1.54, 1.807) is 25.3 Å². The summed E-state index contributed by atoms with van der Waals surface area (Å²) in [4.78, 5) is 29.4. The number of likely N-dealkylation sites (tertiary alicyclic amines) is 2. The van der Waals surface area contributed by atoms with E-state index in [2.05, 4.69) is 0 Å². The van der Waals surface area contributed by atoms with E-state index in [0.717, 1.165) is 44.3 Å². The number of carbonyl (C=O) groups is 2. The molecule has 2 saturated heterocycles. The van der Waals surface area contributed by atoms with Crippen LogP contribution in [0.3, 0.4) is 0 Å². The van der Waals surface area contributed by atoms with Crippen LogP contribution in [-0.4, -0.2) is 65.6 Å². The van der Waals surface area contributed by atoms with Gasteiger partial charge < -0.3 is 23.8 Å². The van der Waals surface area contributed by atoms with E-state index in [1.165, 1.54) is 0 Å². The number of benzene rings is 1. The zero-order valence-corrected chi connectivity index (χ0v) is 18.4. The third-order valence-corrected chi connectivity index (χ3v) is 6.15. The van der Waals surface area contributed by atoms with Crippen LogP contribution in [0, 0.1) is 0 Å². The van der Waals surface area contributed by atoms with Gasteiger partial charge in [-0.3, -0.25) is 9.59 Å². The predicted molar refractivity (Wildman–Crippen MR) is 117 cm³/mol. The number of hydrogen-bond donors (Lipinski definition) is 0. The molecule has 2 amide bonds. The van der Waals surface area contributed by atoms with Crippen molar-refractivity contribution in [1.29, 1.82) is 0 Å². The van der Waals surface area contributed by atoms with Crippen molar-refractivity contribution in [2.24, 2.45) is 7.05 Å². The van der Waals surface area contributed by atoms with E-state index in [-0.39, 0.29) is 17.9 Å². The lowest BCUT2D eigenvalue weighted by Crippen LogP contribution is -2.42. The molecular weight excluding hydrogens is 394 g/mol. The number of rotatable bonds is 6. The first-order chi connectivity index (χ1) is 15.0. The Labute approximate surface area is 183 Å². The maximum Gasteiger partial charge on any atom is 0.257 e. The number of aromatic nitrogens is 1. The highest BCUT2D eigenvalue weighted by atomic mass is 16.5. The van der Waals surface area contributed by atoms with Gasteiger partial charge in [0.1, 0.15) is 17.6 Å². The molecule has 166 valence electrons. The summed E-state index contributed by atoms with van der Waals surface area (Å²) >= 11 is 0. The van der Waals surface area contributed by atoms with Crippen LogP contribution in [-0.2, 0) is 18.3 Å². The lowest BCUT2D eigenvalue weighted by Gasteiger charge is -2.32. The second-order valence-electron chi connectivity index (χ2n) is 8.42. The summed E-state index contributed by atoms with van der Waals surface area (Å²) in [5.41, 5.74) is 1.62. The molecule has 2 aromatic rings. The van der Waals surface area contributed by atoms with Crippen molar-refractivity contribution >= 4 is 11.8 Å². The van der Waals surface area contributed by atoms with Gasteiger partial charge in [0, 0.05) is 64.5 Å². The molecule has 0 aliphatic carbocycles. The molecule has 2 fully saturated rings. The minimum Gasteiger partial charge on any atom is -0.497 e. The highest BCUT2D eigenvalue weighted by Gasteiger charge is 2.27. The number of carbonyl (C=O) groups excluding carboxylic acids is 2. The predicted octanol–water partition coefficient (Wildman–Crippen LogP) is 2.88. The van der Waals surface area contributed by atoms with Gasteiger partial charge in [-0.05, 0) is 36.6 Å². The van der Waals surface area contributed by atoms with Gasteiger partial charge in [0.2, 0.25) is 5.91 Å². The minimum atomic E-state index is -0.0296. The number of methoxy groups -OCH3 is 1. The molecular formula is C24H31N3O4. The maximum absolute atomic E-state index is 13.0. The molecule has 0 unspecified atom stereocenters. The van der Waals surface area contributed by atoms with E-state index >= 15 is 0 Å². The summed E-state index contributed by atoms with van der Waals surface area (Å²) in [6.45, 7) is 2.92. The highest BCUT2D eigenvalue weighted by molar-refractivity contribution is 5.97. The van der Waals surface area contributed by atoms with Crippen molar-refractivity contribution in [2.75, 3.05) is 33.3 Å². The van der Waals surface area contributed by atoms with Crippen LogP contribution < -0.4 is 9.47 Å². The first kappa shape index (κ1) is 21.3. The zero-order chi connectivity index (χ0) is 21.8. The third kappa shape index (κ3) is 5.03. The number of nitrogens with zero attached hydrogens (tertiary/aromatic N) is 3. The Balaban J connectivity index is 1.38. The number of amides is 2. The Morgan fingerprint density at radius 2 is 1.77 bits per heavy atom. The molecule has 31 heavy (non-hydrogen) atoms. The Morgan fingerprint density at radius 1 is 1.03 bits per heavy atom. The summed E-state index contributed by atoms with van der Waals surface area (Å²) in [7, 11) is 3.57. The van der Waals surface area contributed by atoms with E-state index < -0.39 is 0 Å². The third-order valence-electron chi connectivity index (χ3n) is 6.15. The zero-order valence-electron chi connectivity index (χ0n) is 18.4. The minimum absolute atomic E-state index is 0.0191. The average Bonchev–Trinajstić information content (AvgIpc) is 3.46. The molecule has 1 aromatic heterocycles. The lowest BCUT2D eigenvalue weighted by atomic mass is 10.1. The van der Waals surface area contributed by atoms with Gasteiger partial charge in [0.05, 0.1) is 19.1 Å². The van der Waals surface area contributed by atoms with Crippen molar-refractivity contribution in [3.05, 3.63) is 47.8 Å². The molecule has 0 N–H and O–H groups in total. The normalized spacial score (nSPS) is 17.1. The van der Waals surface area contributed by atoms with Crippen molar-refractivity contribution in [3.8, 4) is 11.5 Å². The maximum atomic E-state index is 13.0. The fourth-order valence-corrected chi connectivity index (χ4v) is 4.35. The largest absolute Gasteiger partial charge is 0.497 e. The molecule has 0 spiro atoms. The van der Waals surface area contributed by atoms with Crippen molar-refractivity contribution in [3.63, 3.8) is 0 Å². The van der Waals surface area contributed by atoms with Crippen LogP contribution in [0.4, 0.5) is 0 Å². The molecule has 4 rings (SSSR count). The molecule has 7 heteroatoms. The Kier molecular flexibility index (Phi) is 6.49. The number of ether oxygens (including phenoxy) is 2. The average molecular weight is 426 g/mol. The quantitative estimate of drug-likeness (QED) is 0.714. The van der Waals surface area contributed by atoms with Crippen LogP contribution in [0.15, 0.2) is 36.7 Å². The second-order valence-corrected chi connectivity index (χ2v) is 8.42. The Bertz CT molecular complexity index is 925. The summed E-state index contributed by atoms with van der Waals surface area (Å²) in [6.07, 6.45) is 7.92. The van der Waals surface area contributed by atoms with E-state index in [0.29, 0.717) is 36.6 Å². The fourth-order valence-electron chi connectivity index (χ4n) is 4.35. The van der Waals surface area contributed by atoms with Crippen molar-refractivity contribution in [1.82, 2.24) is 14.4 Å². The van der Waals surface area contributed by atoms with Crippen LogP contribution >= 0.6 is 0 Å². The number of hydrogen-bond acceptors (Lipinski definition) is 4. The summed E-state index contributed by atoms with van der Waals surface area (Å²) in [5.74, 6) is 1.41. The fraction of sp³-hybridized carbons (Fsp3) is 0.500. The van der Waals surface area contributed by atoms with Gasteiger partial charge in [0.15, 0.2) is 0 Å². The van der Waals surface area contributed by atoms with Gasteiger partial charge >= 0.3 is 0 Å². The Hall–Kier alpha value is -2.96. The number of piperidine rings is 1. The second kappa shape index (κ2) is 9.45. The van der Waals surface area contributed by atoms with E-state index in [4.69, 9.17) is 9.47 Å². The molecule has 0 atom stereocenters. The monoisotopic (exact) mass is 425 g/mol. The van der Waals surface area contributed by atoms with E-state index in [1.807, 2.05) is 39.9 Å². The van der Waals surface area contributed by atoms with Crippen molar-refractivity contribution in [2.45, 2.75) is 38.2 Å². The van der Waals surface area contributed by atoms with Gasteiger partial charge in [-0.25, -0.2) is 0 Å². The summed E-state index contributed by atoms with van der Waals surface area (Å²) in [5, 5.41) is 0. The topological polar surface area (TPSA) is 64.0 Å². The van der Waals surface area contributed by atoms with E-state index in [9.17, 15) is 9.59 Å². The van der Waals surface area contributed by atoms with Crippen LogP contribution in [0.2, 0.25) is 0 Å². The molecule has 1 aromatic carbocycles.